The van der Waals surface area contributed by atoms with E-state index >= 15 is 0 Å². The first-order valence-electron chi connectivity index (χ1n) is 5.84. The van der Waals surface area contributed by atoms with E-state index in [1.807, 2.05) is 4.68 Å². The standard InChI is InChI=1S/C13H18N4/c1-9(2)17-12(8-14)13(15-16-17)11-6-4-10(3)5-7-11/h4-7,9H,8,14H2,1-3H3. The van der Waals surface area contributed by atoms with Crippen molar-refractivity contribution >= 4 is 0 Å². The molecule has 1 aromatic carbocycles. The molecule has 0 amide bonds. The molecular formula is C13H18N4. The molecule has 0 bridgehead atoms. The number of aryl methyl sites for hydroxylation is 1. The van der Waals surface area contributed by atoms with Crippen molar-refractivity contribution in [3.05, 3.63) is 35.5 Å². The number of benzene rings is 1. The van der Waals surface area contributed by atoms with Crippen LogP contribution < -0.4 is 5.73 Å². The normalized spacial score (nSPS) is 11.1. The Morgan fingerprint density at radius 2 is 1.88 bits per heavy atom. The van der Waals surface area contributed by atoms with Crippen LogP contribution in [0.25, 0.3) is 11.3 Å². The maximum Gasteiger partial charge on any atom is 0.117 e. The number of rotatable bonds is 3. The van der Waals surface area contributed by atoms with Gasteiger partial charge in [0.2, 0.25) is 0 Å². The van der Waals surface area contributed by atoms with Crippen LogP contribution in [0.1, 0.15) is 31.1 Å². The average Bonchev–Trinajstić information content (AvgIpc) is 2.73. The van der Waals surface area contributed by atoms with Crippen molar-refractivity contribution in [2.45, 2.75) is 33.4 Å². The maximum absolute atomic E-state index is 5.80. The summed E-state index contributed by atoms with van der Waals surface area (Å²) in [5.41, 5.74) is 9.99. The molecule has 0 aliphatic heterocycles. The highest BCUT2D eigenvalue weighted by molar-refractivity contribution is 5.61. The van der Waals surface area contributed by atoms with Gasteiger partial charge in [0.05, 0.1) is 5.69 Å². The Morgan fingerprint density at radius 3 is 2.41 bits per heavy atom. The van der Waals surface area contributed by atoms with Crippen LogP contribution in [-0.2, 0) is 6.54 Å². The van der Waals surface area contributed by atoms with Gasteiger partial charge in [0.25, 0.3) is 0 Å². The number of hydrogen-bond donors (Lipinski definition) is 1. The molecular weight excluding hydrogens is 212 g/mol. The van der Waals surface area contributed by atoms with Crippen LogP contribution in [-0.4, -0.2) is 15.0 Å². The van der Waals surface area contributed by atoms with Crippen LogP contribution in [0.3, 0.4) is 0 Å². The van der Waals surface area contributed by atoms with Crippen molar-refractivity contribution in [2.24, 2.45) is 5.73 Å². The van der Waals surface area contributed by atoms with Gasteiger partial charge in [0.1, 0.15) is 5.69 Å². The lowest BCUT2D eigenvalue weighted by atomic mass is 10.1. The smallest absolute Gasteiger partial charge is 0.117 e. The minimum Gasteiger partial charge on any atom is -0.325 e. The molecule has 0 aliphatic carbocycles. The fraction of sp³-hybridized carbons (Fsp3) is 0.385. The third kappa shape index (κ3) is 2.22. The van der Waals surface area contributed by atoms with E-state index in [1.165, 1.54) is 5.56 Å². The second-order valence-corrected chi connectivity index (χ2v) is 4.49. The fourth-order valence-corrected chi connectivity index (χ4v) is 1.85. The van der Waals surface area contributed by atoms with E-state index in [0.29, 0.717) is 6.54 Å². The highest BCUT2D eigenvalue weighted by Gasteiger charge is 2.14. The number of nitrogens with two attached hydrogens (primary N) is 1. The van der Waals surface area contributed by atoms with Crippen LogP contribution in [0.2, 0.25) is 0 Å². The quantitative estimate of drug-likeness (QED) is 0.880. The van der Waals surface area contributed by atoms with E-state index in [0.717, 1.165) is 17.0 Å². The first-order valence-corrected chi connectivity index (χ1v) is 5.84. The van der Waals surface area contributed by atoms with E-state index < -0.39 is 0 Å². The van der Waals surface area contributed by atoms with Gasteiger partial charge in [0.15, 0.2) is 0 Å². The van der Waals surface area contributed by atoms with Gasteiger partial charge in [-0.1, -0.05) is 35.0 Å². The number of aromatic nitrogens is 3. The summed E-state index contributed by atoms with van der Waals surface area (Å²) in [4.78, 5) is 0. The molecule has 1 aromatic heterocycles. The molecule has 0 saturated carbocycles. The molecule has 0 aliphatic rings. The number of hydrogen-bond acceptors (Lipinski definition) is 3. The van der Waals surface area contributed by atoms with Crippen molar-refractivity contribution in [1.82, 2.24) is 15.0 Å². The van der Waals surface area contributed by atoms with Crippen LogP contribution in [0, 0.1) is 6.92 Å². The third-order valence-corrected chi connectivity index (χ3v) is 2.80. The summed E-state index contributed by atoms with van der Waals surface area (Å²) in [6.45, 7) is 6.67. The summed E-state index contributed by atoms with van der Waals surface area (Å²) in [6.07, 6.45) is 0. The van der Waals surface area contributed by atoms with Crippen LogP contribution >= 0.6 is 0 Å². The second-order valence-electron chi connectivity index (χ2n) is 4.49. The molecule has 2 aromatic rings. The van der Waals surface area contributed by atoms with Gasteiger partial charge in [-0.2, -0.15) is 0 Å². The highest BCUT2D eigenvalue weighted by atomic mass is 15.4. The van der Waals surface area contributed by atoms with Crippen molar-refractivity contribution < 1.29 is 0 Å². The minimum atomic E-state index is 0.278. The lowest BCUT2D eigenvalue weighted by Crippen LogP contribution is -2.11. The summed E-state index contributed by atoms with van der Waals surface area (Å²) in [5.74, 6) is 0. The molecule has 2 rings (SSSR count). The van der Waals surface area contributed by atoms with E-state index in [1.54, 1.807) is 0 Å². The van der Waals surface area contributed by atoms with Gasteiger partial charge < -0.3 is 5.73 Å². The Hall–Kier alpha value is -1.68. The van der Waals surface area contributed by atoms with E-state index in [4.69, 9.17) is 5.73 Å². The Balaban J connectivity index is 2.48. The zero-order chi connectivity index (χ0) is 12.4. The minimum absolute atomic E-state index is 0.278. The van der Waals surface area contributed by atoms with Crippen molar-refractivity contribution in [1.29, 1.82) is 0 Å². The van der Waals surface area contributed by atoms with Crippen LogP contribution in [0.5, 0.6) is 0 Å². The monoisotopic (exact) mass is 230 g/mol. The van der Waals surface area contributed by atoms with Crippen molar-refractivity contribution in [3.63, 3.8) is 0 Å². The molecule has 0 radical (unpaired) electrons. The highest BCUT2D eigenvalue weighted by Crippen LogP contribution is 2.23. The van der Waals surface area contributed by atoms with Crippen molar-refractivity contribution in [3.8, 4) is 11.3 Å². The zero-order valence-electron chi connectivity index (χ0n) is 10.5. The molecule has 0 atom stereocenters. The SMILES string of the molecule is Cc1ccc(-c2nnn(C(C)C)c2CN)cc1. The molecule has 4 nitrogen and oxygen atoms in total. The Morgan fingerprint density at radius 1 is 1.24 bits per heavy atom. The molecule has 0 unspecified atom stereocenters. The first-order chi connectivity index (χ1) is 8.13. The molecule has 2 N–H and O–H groups in total. The molecule has 0 saturated heterocycles. The Kier molecular flexibility index (Phi) is 3.24. The molecule has 0 fully saturated rings. The summed E-state index contributed by atoms with van der Waals surface area (Å²) in [7, 11) is 0. The predicted molar refractivity (Wildman–Crippen MR) is 68.5 cm³/mol. The van der Waals surface area contributed by atoms with Crippen LogP contribution in [0.4, 0.5) is 0 Å². The largest absolute Gasteiger partial charge is 0.325 e. The van der Waals surface area contributed by atoms with Gasteiger partial charge in [0, 0.05) is 18.2 Å². The van der Waals surface area contributed by atoms with E-state index in [9.17, 15) is 0 Å². The van der Waals surface area contributed by atoms with Crippen molar-refractivity contribution in [2.75, 3.05) is 0 Å². The van der Waals surface area contributed by atoms with E-state index in [2.05, 4.69) is 55.3 Å². The summed E-state index contributed by atoms with van der Waals surface area (Å²) in [5, 5.41) is 8.41. The number of nitrogens with zero attached hydrogens (tertiary/aromatic N) is 3. The maximum atomic E-state index is 5.80. The average molecular weight is 230 g/mol. The third-order valence-electron chi connectivity index (χ3n) is 2.80. The zero-order valence-corrected chi connectivity index (χ0v) is 10.5. The van der Waals surface area contributed by atoms with Gasteiger partial charge in [-0.15, -0.1) is 5.10 Å². The van der Waals surface area contributed by atoms with Gasteiger partial charge in [-0.3, -0.25) is 0 Å². The lowest BCUT2D eigenvalue weighted by Gasteiger charge is -2.09. The molecule has 90 valence electrons. The van der Waals surface area contributed by atoms with Crippen LogP contribution in [0.15, 0.2) is 24.3 Å². The second kappa shape index (κ2) is 4.67. The molecule has 0 spiro atoms. The summed E-state index contributed by atoms with van der Waals surface area (Å²) >= 11 is 0. The van der Waals surface area contributed by atoms with Gasteiger partial charge in [-0.05, 0) is 20.8 Å². The Labute approximate surface area is 101 Å². The summed E-state index contributed by atoms with van der Waals surface area (Å²) < 4.78 is 1.88. The van der Waals surface area contributed by atoms with Gasteiger partial charge in [-0.25, -0.2) is 4.68 Å². The molecule has 17 heavy (non-hydrogen) atoms. The predicted octanol–water partition coefficient (Wildman–Crippen LogP) is 2.29. The fourth-order valence-electron chi connectivity index (χ4n) is 1.85. The summed E-state index contributed by atoms with van der Waals surface area (Å²) in [6, 6.07) is 8.54. The molecule has 1 heterocycles. The topological polar surface area (TPSA) is 56.7 Å². The van der Waals surface area contributed by atoms with Gasteiger partial charge >= 0.3 is 0 Å². The first kappa shape index (κ1) is 11.8. The van der Waals surface area contributed by atoms with E-state index in [-0.39, 0.29) is 6.04 Å². The Bertz CT molecular complexity index is 497. The molecule has 4 heteroatoms. The lowest BCUT2D eigenvalue weighted by molar-refractivity contribution is 0.494.